The van der Waals surface area contributed by atoms with Crippen molar-refractivity contribution in [3.05, 3.63) is 47.5 Å². The molecule has 0 aliphatic carbocycles. The van der Waals surface area contributed by atoms with Gasteiger partial charge in [-0.3, -0.25) is 0 Å². The van der Waals surface area contributed by atoms with Crippen LogP contribution in [-0.4, -0.2) is 0 Å². The maximum absolute atomic E-state index is 2.29. The average molecular weight is 226 g/mol. The molecule has 0 aromatic heterocycles. The summed E-state index contributed by atoms with van der Waals surface area (Å²) in [5, 5.41) is 2.82. The summed E-state index contributed by atoms with van der Waals surface area (Å²) in [5.41, 5.74) is 3.12. The van der Waals surface area contributed by atoms with E-state index in [-0.39, 0.29) is 5.41 Å². The predicted octanol–water partition coefficient (Wildman–Crippen LogP) is 5.26. The first-order valence-electron chi connectivity index (χ1n) is 6.43. The van der Waals surface area contributed by atoms with Crippen LogP contribution in [-0.2, 0) is 5.41 Å². The Balaban J connectivity index is 2.86. The lowest BCUT2D eigenvalue weighted by Crippen LogP contribution is -2.12. The second-order valence-corrected chi connectivity index (χ2v) is 6.16. The first-order chi connectivity index (χ1) is 7.91. The lowest BCUT2D eigenvalue weighted by atomic mass is 9.81. The molecule has 2 rings (SSSR count). The topological polar surface area (TPSA) is 0 Å². The van der Waals surface area contributed by atoms with Crippen LogP contribution in [0.4, 0.5) is 0 Å². The number of hydrogen-bond donors (Lipinski definition) is 0. The molecule has 0 amide bonds. The molecule has 0 nitrogen and oxygen atoms in total. The third-order valence-electron chi connectivity index (χ3n) is 3.37. The molecule has 2 aromatic rings. The standard InChI is InChI=1S/C17H22/c1-12(2)14-10-6-8-13-9-7-11-15(16(13)14)17(3,4)5/h6-12H,1-5H3. The Kier molecular flexibility index (Phi) is 2.99. The van der Waals surface area contributed by atoms with Gasteiger partial charge >= 0.3 is 0 Å². The molecular weight excluding hydrogens is 204 g/mol. The molecule has 0 saturated carbocycles. The highest BCUT2D eigenvalue weighted by atomic mass is 14.2. The van der Waals surface area contributed by atoms with E-state index in [1.165, 1.54) is 21.9 Å². The zero-order valence-electron chi connectivity index (χ0n) is 11.5. The molecule has 0 radical (unpaired) electrons. The Morgan fingerprint density at radius 3 is 2.00 bits per heavy atom. The molecule has 0 heteroatoms. The molecule has 0 fully saturated rings. The molecule has 90 valence electrons. The first kappa shape index (κ1) is 12.2. The van der Waals surface area contributed by atoms with Gasteiger partial charge in [-0.15, -0.1) is 0 Å². The van der Waals surface area contributed by atoms with Gasteiger partial charge in [0.05, 0.1) is 0 Å². The predicted molar refractivity (Wildman–Crippen MR) is 76.7 cm³/mol. The summed E-state index contributed by atoms with van der Waals surface area (Å²) in [4.78, 5) is 0. The molecular formula is C17H22. The van der Waals surface area contributed by atoms with E-state index in [0.717, 1.165) is 0 Å². The van der Waals surface area contributed by atoms with Gasteiger partial charge in [-0.2, -0.15) is 0 Å². The number of benzene rings is 2. The molecule has 0 spiro atoms. The summed E-state index contributed by atoms with van der Waals surface area (Å²) in [6.45, 7) is 11.4. The lowest BCUT2D eigenvalue weighted by molar-refractivity contribution is 0.595. The first-order valence-corrected chi connectivity index (χ1v) is 6.43. The van der Waals surface area contributed by atoms with E-state index >= 15 is 0 Å². The number of hydrogen-bond acceptors (Lipinski definition) is 0. The van der Waals surface area contributed by atoms with Gasteiger partial charge in [-0.05, 0) is 33.2 Å². The van der Waals surface area contributed by atoms with Crippen molar-refractivity contribution < 1.29 is 0 Å². The maximum atomic E-state index is 2.29. The molecule has 0 aliphatic heterocycles. The summed E-state index contributed by atoms with van der Waals surface area (Å²) in [6.07, 6.45) is 0. The Morgan fingerprint density at radius 1 is 0.882 bits per heavy atom. The monoisotopic (exact) mass is 226 g/mol. The maximum Gasteiger partial charge on any atom is -0.0112 e. The fraction of sp³-hybridized carbons (Fsp3) is 0.412. The van der Waals surface area contributed by atoms with Crippen LogP contribution < -0.4 is 0 Å². The molecule has 0 saturated heterocycles. The summed E-state index contributed by atoms with van der Waals surface area (Å²) in [7, 11) is 0. The van der Waals surface area contributed by atoms with Crippen LogP contribution in [0.1, 0.15) is 51.7 Å². The zero-order chi connectivity index (χ0) is 12.6. The van der Waals surface area contributed by atoms with Crippen molar-refractivity contribution in [3.8, 4) is 0 Å². The quantitative estimate of drug-likeness (QED) is 0.622. The highest BCUT2D eigenvalue weighted by Gasteiger charge is 2.18. The normalized spacial score (nSPS) is 12.4. The smallest absolute Gasteiger partial charge is 0.0112 e. The van der Waals surface area contributed by atoms with Crippen LogP contribution in [0.5, 0.6) is 0 Å². The van der Waals surface area contributed by atoms with E-state index < -0.39 is 0 Å². The van der Waals surface area contributed by atoms with Crippen LogP contribution in [0.15, 0.2) is 36.4 Å². The fourth-order valence-electron chi connectivity index (χ4n) is 2.48. The van der Waals surface area contributed by atoms with E-state index in [9.17, 15) is 0 Å². The lowest BCUT2D eigenvalue weighted by Gasteiger charge is -2.24. The highest BCUT2D eigenvalue weighted by Crippen LogP contribution is 2.34. The van der Waals surface area contributed by atoms with Gasteiger partial charge in [0.15, 0.2) is 0 Å². The van der Waals surface area contributed by atoms with Crippen LogP contribution in [0.3, 0.4) is 0 Å². The summed E-state index contributed by atoms with van der Waals surface area (Å²) in [6, 6.07) is 13.3. The molecule has 0 bridgehead atoms. The molecule has 0 N–H and O–H groups in total. The second-order valence-electron chi connectivity index (χ2n) is 6.16. The van der Waals surface area contributed by atoms with Crippen molar-refractivity contribution in [1.82, 2.24) is 0 Å². The van der Waals surface area contributed by atoms with Crippen LogP contribution in [0, 0.1) is 0 Å². The van der Waals surface area contributed by atoms with E-state index in [2.05, 4.69) is 71.0 Å². The second kappa shape index (κ2) is 4.18. The van der Waals surface area contributed by atoms with Crippen LogP contribution >= 0.6 is 0 Å². The van der Waals surface area contributed by atoms with Gasteiger partial charge in [0.1, 0.15) is 0 Å². The van der Waals surface area contributed by atoms with Gasteiger partial charge in [-0.25, -0.2) is 0 Å². The summed E-state index contributed by atoms with van der Waals surface area (Å²) in [5.74, 6) is 0.571. The van der Waals surface area contributed by atoms with Gasteiger partial charge in [0.2, 0.25) is 0 Å². The van der Waals surface area contributed by atoms with Gasteiger partial charge in [0, 0.05) is 0 Å². The Hall–Kier alpha value is -1.30. The van der Waals surface area contributed by atoms with Crippen molar-refractivity contribution in [3.63, 3.8) is 0 Å². The fourth-order valence-corrected chi connectivity index (χ4v) is 2.48. The molecule has 0 unspecified atom stereocenters. The zero-order valence-corrected chi connectivity index (χ0v) is 11.5. The van der Waals surface area contributed by atoms with Gasteiger partial charge < -0.3 is 0 Å². The Labute approximate surface area is 105 Å². The van der Waals surface area contributed by atoms with Crippen molar-refractivity contribution in [2.45, 2.75) is 46.0 Å². The summed E-state index contributed by atoms with van der Waals surface area (Å²) < 4.78 is 0. The van der Waals surface area contributed by atoms with Crippen LogP contribution in [0.2, 0.25) is 0 Å². The van der Waals surface area contributed by atoms with Crippen molar-refractivity contribution in [1.29, 1.82) is 0 Å². The molecule has 17 heavy (non-hydrogen) atoms. The average Bonchev–Trinajstić information content (AvgIpc) is 2.26. The molecule has 0 atom stereocenters. The molecule has 0 heterocycles. The van der Waals surface area contributed by atoms with Gasteiger partial charge in [0.25, 0.3) is 0 Å². The highest BCUT2D eigenvalue weighted by molar-refractivity contribution is 5.90. The van der Waals surface area contributed by atoms with Crippen molar-refractivity contribution >= 4 is 10.8 Å². The Bertz CT molecular complexity index is 522. The van der Waals surface area contributed by atoms with Crippen molar-refractivity contribution in [2.75, 3.05) is 0 Å². The van der Waals surface area contributed by atoms with Gasteiger partial charge in [-0.1, -0.05) is 71.0 Å². The van der Waals surface area contributed by atoms with E-state index in [1.54, 1.807) is 0 Å². The van der Waals surface area contributed by atoms with E-state index in [0.29, 0.717) is 5.92 Å². The largest absolute Gasteiger partial charge is 0.0613 e. The Morgan fingerprint density at radius 2 is 1.47 bits per heavy atom. The van der Waals surface area contributed by atoms with E-state index in [1.807, 2.05) is 0 Å². The third kappa shape index (κ3) is 2.22. The minimum Gasteiger partial charge on any atom is -0.0613 e. The number of fused-ring (bicyclic) bond motifs is 1. The molecule has 2 aromatic carbocycles. The minimum absolute atomic E-state index is 0.199. The molecule has 0 aliphatic rings. The summed E-state index contributed by atoms with van der Waals surface area (Å²) >= 11 is 0. The minimum atomic E-state index is 0.199. The van der Waals surface area contributed by atoms with Crippen molar-refractivity contribution in [2.24, 2.45) is 0 Å². The number of rotatable bonds is 1. The third-order valence-corrected chi connectivity index (χ3v) is 3.37. The van der Waals surface area contributed by atoms with Crippen LogP contribution in [0.25, 0.3) is 10.8 Å². The SMILES string of the molecule is CC(C)c1cccc2cccc(C(C)(C)C)c12. The van der Waals surface area contributed by atoms with E-state index in [4.69, 9.17) is 0 Å².